The third kappa shape index (κ3) is 5.53. The largest absolute Gasteiger partial charge is 0.410 e. The minimum Gasteiger partial charge on any atom is -0.410 e. The highest BCUT2D eigenvalue weighted by atomic mass is 35.5. The maximum absolute atomic E-state index is 6.80. The molecule has 142 valence electrons. The van der Waals surface area contributed by atoms with Gasteiger partial charge in [0.1, 0.15) is 0 Å². The molecule has 0 saturated carbocycles. The normalized spacial score (nSPS) is 13.0. The molecule has 0 bridgehead atoms. The van der Waals surface area contributed by atoms with E-state index in [1.54, 1.807) is 18.6 Å². The van der Waals surface area contributed by atoms with Crippen LogP contribution in [0.1, 0.15) is 50.8 Å². The van der Waals surface area contributed by atoms with Crippen LogP contribution in [0.2, 0.25) is 28.2 Å². The Bertz CT molecular complexity index is 652. The van der Waals surface area contributed by atoms with E-state index in [1.165, 1.54) is 5.56 Å². The van der Waals surface area contributed by atoms with Crippen molar-refractivity contribution >= 4 is 31.5 Å². The van der Waals surface area contributed by atoms with Gasteiger partial charge in [0, 0.05) is 30.4 Å². The molecule has 1 unspecified atom stereocenters. The Kier molecular flexibility index (Phi) is 8.55. The summed E-state index contributed by atoms with van der Waals surface area (Å²) >= 11 is 12.9. The standard InChI is InChI=1S/C20H28Cl2N2OSi/c1-4-26(5-2,6-3)25-19(20-17(21)14-24-15-18(20)22)11-7-9-16-10-8-12-23-13-16/h8,10,12-15,19H,4-7,9,11H2,1-3H3. The molecule has 3 nitrogen and oxygen atoms in total. The molecule has 2 aromatic rings. The molecule has 0 aromatic carbocycles. The lowest BCUT2D eigenvalue weighted by Crippen LogP contribution is -2.37. The van der Waals surface area contributed by atoms with Crippen molar-refractivity contribution in [3.63, 3.8) is 0 Å². The Morgan fingerprint density at radius 1 is 1.00 bits per heavy atom. The van der Waals surface area contributed by atoms with Crippen LogP contribution < -0.4 is 0 Å². The lowest BCUT2D eigenvalue weighted by atomic mass is 10.0. The second kappa shape index (κ2) is 10.4. The summed E-state index contributed by atoms with van der Waals surface area (Å²) in [7, 11) is -1.79. The van der Waals surface area contributed by atoms with Crippen molar-refractivity contribution in [1.29, 1.82) is 0 Å². The number of aromatic nitrogens is 2. The van der Waals surface area contributed by atoms with Crippen molar-refractivity contribution in [3.05, 3.63) is 58.1 Å². The number of halogens is 2. The smallest absolute Gasteiger partial charge is 0.192 e. The molecule has 0 aliphatic heterocycles. The van der Waals surface area contributed by atoms with Crippen LogP contribution in [0.15, 0.2) is 36.9 Å². The second-order valence-corrected chi connectivity index (χ2v) is 12.2. The van der Waals surface area contributed by atoms with Crippen LogP contribution in [0, 0.1) is 0 Å². The summed E-state index contributed by atoms with van der Waals surface area (Å²) in [6.45, 7) is 6.71. The van der Waals surface area contributed by atoms with Gasteiger partial charge in [-0.1, -0.05) is 50.0 Å². The van der Waals surface area contributed by atoms with E-state index < -0.39 is 8.32 Å². The fourth-order valence-corrected chi connectivity index (χ4v) is 6.78. The van der Waals surface area contributed by atoms with E-state index in [-0.39, 0.29) is 6.10 Å². The molecule has 26 heavy (non-hydrogen) atoms. The maximum Gasteiger partial charge on any atom is 0.192 e. The van der Waals surface area contributed by atoms with Crippen LogP contribution in [-0.2, 0) is 10.8 Å². The SMILES string of the molecule is CC[Si](CC)(CC)OC(CCCc1cccnc1)c1c(Cl)cncc1Cl. The minimum absolute atomic E-state index is 0.0822. The zero-order chi connectivity index (χ0) is 19.0. The molecule has 2 aromatic heterocycles. The molecule has 0 fully saturated rings. The van der Waals surface area contributed by atoms with E-state index in [1.807, 2.05) is 12.3 Å². The number of rotatable bonds is 10. The number of pyridine rings is 2. The van der Waals surface area contributed by atoms with E-state index in [0.29, 0.717) is 10.0 Å². The summed E-state index contributed by atoms with van der Waals surface area (Å²) in [5.41, 5.74) is 2.13. The average Bonchev–Trinajstić information content (AvgIpc) is 2.66. The molecule has 0 amide bonds. The first-order valence-corrected chi connectivity index (χ1v) is 12.7. The van der Waals surface area contributed by atoms with Crippen LogP contribution in [-0.4, -0.2) is 18.3 Å². The first kappa shape index (κ1) is 21.4. The fraction of sp³-hybridized carbons (Fsp3) is 0.500. The second-order valence-electron chi connectivity index (χ2n) is 6.62. The zero-order valence-electron chi connectivity index (χ0n) is 15.8. The minimum atomic E-state index is -1.79. The summed E-state index contributed by atoms with van der Waals surface area (Å²) in [6.07, 6.45) is 9.80. The van der Waals surface area contributed by atoms with Crippen LogP contribution in [0.3, 0.4) is 0 Å². The summed E-state index contributed by atoms with van der Waals surface area (Å²) < 4.78 is 6.80. The lowest BCUT2D eigenvalue weighted by Gasteiger charge is -2.34. The van der Waals surface area contributed by atoms with Crippen LogP contribution in [0.5, 0.6) is 0 Å². The van der Waals surface area contributed by atoms with Gasteiger partial charge in [0.25, 0.3) is 0 Å². The van der Waals surface area contributed by atoms with Gasteiger partial charge in [0.15, 0.2) is 8.32 Å². The first-order valence-electron chi connectivity index (χ1n) is 9.40. The third-order valence-corrected chi connectivity index (χ3v) is 10.4. The van der Waals surface area contributed by atoms with Gasteiger partial charge in [-0.3, -0.25) is 9.97 Å². The molecule has 0 spiro atoms. The molecule has 0 N–H and O–H groups in total. The van der Waals surface area contributed by atoms with E-state index in [2.05, 4.69) is 36.8 Å². The average molecular weight is 411 g/mol. The predicted octanol–water partition coefficient (Wildman–Crippen LogP) is 6.87. The van der Waals surface area contributed by atoms with Gasteiger partial charge in [0.2, 0.25) is 0 Å². The van der Waals surface area contributed by atoms with E-state index in [0.717, 1.165) is 43.0 Å². The van der Waals surface area contributed by atoms with Crippen molar-refractivity contribution < 1.29 is 4.43 Å². The van der Waals surface area contributed by atoms with E-state index in [9.17, 15) is 0 Å². The van der Waals surface area contributed by atoms with Gasteiger partial charge in [0.05, 0.1) is 16.1 Å². The molecular formula is C20H28Cl2N2OSi. The highest BCUT2D eigenvalue weighted by Crippen LogP contribution is 2.38. The quantitative estimate of drug-likeness (QED) is 0.400. The molecule has 0 saturated heterocycles. The van der Waals surface area contributed by atoms with Gasteiger partial charge < -0.3 is 4.43 Å². The molecule has 0 radical (unpaired) electrons. The van der Waals surface area contributed by atoms with E-state index in [4.69, 9.17) is 27.6 Å². The van der Waals surface area contributed by atoms with Crippen molar-refractivity contribution in [1.82, 2.24) is 9.97 Å². The Balaban J connectivity index is 2.21. The fourth-order valence-electron chi connectivity index (χ4n) is 3.33. The first-order chi connectivity index (χ1) is 12.5. The van der Waals surface area contributed by atoms with Crippen molar-refractivity contribution in [2.75, 3.05) is 0 Å². The monoisotopic (exact) mass is 410 g/mol. The number of aryl methyl sites for hydroxylation is 1. The maximum atomic E-state index is 6.80. The predicted molar refractivity (Wildman–Crippen MR) is 112 cm³/mol. The van der Waals surface area contributed by atoms with Crippen molar-refractivity contribution in [2.45, 2.75) is 64.3 Å². The van der Waals surface area contributed by atoms with Crippen molar-refractivity contribution in [3.8, 4) is 0 Å². The van der Waals surface area contributed by atoms with Crippen LogP contribution in [0.25, 0.3) is 0 Å². The third-order valence-electron chi connectivity index (χ3n) is 5.19. The van der Waals surface area contributed by atoms with E-state index >= 15 is 0 Å². The Labute approximate surface area is 168 Å². The summed E-state index contributed by atoms with van der Waals surface area (Å²) in [5, 5.41) is 1.19. The summed E-state index contributed by atoms with van der Waals surface area (Å²) in [6, 6.07) is 7.37. The topological polar surface area (TPSA) is 35.0 Å². The van der Waals surface area contributed by atoms with Gasteiger partial charge in [-0.15, -0.1) is 0 Å². The van der Waals surface area contributed by atoms with Gasteiger partial charge >= 0.3 is 0 Å². The highest BCUT2D eigenvalue weighted by molar-refractivity contribution is 6.73. The van der Waals surface area contributed by atoms with Gasteiger partial charge in [-0.05, 0) is 49.0 Å². The molecule has 2 rings (SSSR count). The van der Waals surface area contributed by atoms with Gasteiger partial charge in [-0.25, -0.2) is 0 Å². The summed E-state index contributed by atoms with van der Waals surface area (Å²) in [4.78, 5) is 8.29. The Hall–Kier alpha value is -0.943. The number of nitrogens with zero attached hydrogens (tertiary/aromatic N) is 2. The Morgan fingerprint density at radius 3 is 2.19 bits per heavy atom. The van der Waals surface area contributed by atoms with Crippen LogP contribution in [0.4, 0.5) is 0 Å². The molecule has 0 aliphatic carbocycles. The molecule has 0 aliphatic rings. The Morgan fingerprint density at radius 2 is 1.65 bits per heavy atom. The van der Waals surface area contributed by atoms with Crippen molar-refractivity contribution in [2.24, 2.45) is 0 Å². The molecule has 1 atom stereocenters. The van der Waals surface area contributed by atoms with Gasteiger partial charge in [-0.2, -0.15) is 0 Å². The number of hydrogen-bond donors (Lipinski definition) is 0. The molecule has 2 heterocycles. The number of hydrogen-bond acceptors (Lipinski definition) is 3. The molecular weight excluding hydrogens is 383 g/mol. The molecule has 6 heteroatoms. The summed E-state index contributed by atoms with van der Waals surface area (Å²) in [5.74, 6) is 0. The zero-order valence-corrected chi connectivity index (χ0v) is 18.4. The highest BCUT2D eigenvalue weighted by Gasteiger charge is 2.33. The lowest BCUT2D eigenvalue weighted by molar-refractivity contribution is 0.176. The van der Waals surface area contributed by atoms with Crippen LogP contribution >= 0.6 is 23.2 Å².